The van der Waals surface area contributed by atoms with Crippen LogP contribution < -0.4 is 5.32 Å². The van der Waals surface area contributed by atoms with Crippen molar-refractivity contribution >= 4 is 62.9 Å². The normalized spacial score (nSPS) is 19.6. The van der Waals surface area contributed by atoms with Crippen molar-refractivity contribution in [2.24, 2.45) is 0 Å². The van der Waals surface area contributed by atoms with Crippen molar-refractivity contribution in [1.82, 2.24) is 14.7 Å². The number of nitrogens with zero attached hydrogens (tertiary/aromatic N) is 2. The predicted molar refractivity (Wildman–Crippen MR) is 119 cm³/mol. The Morgan fingerprint density at radius 2 is 1.71 bits per heavy atom. The summed E-state index contributed by atoms with van der Waals surface area (Å²) in [5, 5.41) is 12.2. The number of aliphatic carboxylic acids is 1. The molecule has 1 aromatic rings. The fourth-order valence-corrected chi connectivity index (χ4v) is 6.08. The van der Waals surface area contributed by atoms with Crippen LogP contribution in [0.4, 0.5) is 0 Å². The van der Waals surface area contributed by atoms with Gasteiger partial charge in [0.2, 0.25) is 15.9 Å². The van der Waals surface area contributed by atoms with Crippen molar-refractivity contribution in [3.05, 3.63) is 28.2 Å². The second-order valence-electron chi connectivity index (χ2n) is 7.86. The third kappa shape index (κ3) is 6.28. The quantitative estimate of drug-likeness (QED) is 0.428. The Bertz CT molecular complexity index is 1140. The van der Waals surface area contributed by atoms with Crippen LogP contribution in [-0.2, 0) is 38.8 Å². The molecule has 190 valence electrons. The predicted octanol–water partition coefficient (Wildman–Crippen LogP) is 1.10. The van der Waals surface area contributed by atoms with Crippen LogP contribution in [0, 0.1) is 0 Å². The lowest BCUT2D eigenvalue weighted by Gasteiger charge is -2.25. The van der Waals surface area contributed by atoms with E-state index in [-0.39, 0.29) is 40.7 Å². The van der Waals surface area contributed by atoms with Crippen LogP contribution in [0.2, 0.25) is 10.0 Å². The largest absolute Gasteiger partial charge is 0.480 e. The van der Waals surface area contributed by atoms with Crippen molar-refractivity contribution in [1.29, 1.82) is 0 Å². The van der Waals surface area contributed by atoms with E-state index >= 15 is 0 Å². The van der Waals surface area contributed by atoms with E-state index in [9.17, 15) is 37.5 Å². The van der Waals surface area contributed by atoms with Gasteiger partial charge in [-0.05, 0) is 37.5 Å². The standard InChI is InChI=1S/C20H21Cl2N3O9S/c21-11-8-12(22)10-13(9-11)35(32,33)24-7-1-2-15(24)19(29)23-14(20(30)31)3-6-18(28)34-25-16(26)4-5-17(25)27/h8-10,14-15H,1-7H2,(H,23,29)(H,30,31)/t14-,15-/m0/s1. The Morgan fingerprint density at radius 3 is 2.29 bits per heavy atom. The van der Waals surface area contributed by atoms with Gasteiger partial charge in [0.1, 0.15) is 12.1 Å². The van der Waals surface area contributed by atoms with E-state index in [0.717, 1.165) is 4.31 Å². The van der Waals surface area contributed by atoms with Crippen LogP contribution in [-0.4, -0.2) is 71.2 Å². The summed E-state index contributed by atoms with van der Waals surface area (Å²) < 4.78 is 27.1. The molecule has 2 aliphatic heterocycles. The first kappa shape index (κ1) is 26.9. The molecule has 2 aliphatic rings. The zero-order valence-corrected chi connectivity index (χ0v) is 20.4. The minimum absolute atomic E-state index is 0.0203. The summed E-state index contributed by atoms with van der Waals surface area (Å²) >= 11 is 11.8. The third-order valence-corrected chi connectivity index (χ3v) is 7.72. The van der Waals surface area contributed by atoms with Gasteiger partial charge in [-0.3, -0.25) is 14.4 Å². The van der Waals surface area contributed by atoms with Crippen molar-refractivity contribution in [2.75, 3.05) is 6.54 Å². The van der Waals surface area contributed by atoms with Crippen molar-refractivity contribution < 1.29 is 42.3 Å². The SMILES string of the molecule is O=C(CC[C@H](NC(=O)[C@@H]1CCCN1S(=O)(=O)c1cc(Cl)cc(Cl)c1)C(=O)O)ON1C(=O)CCC1=O. The lowest BCUT2D eigenvalue weighted by Crippen LogP contribution is -2.51. The smallest absolute Gasteiger partial charge is 0.333 e. The molecule has 2 heterocycles. The minimum Gasteiger partial charge on any atom is -0.480 e. The summed E-state index contributed by atoms with van der Waals surface area (Å²) in [7, 11) is -4.17. The number of carbonyl (C=O) groups is 5. The Labute approximate surface area is 210 Å². The molecule has 0 aliphatic carbocycles. The highest BCUT2D eigenvalue weighted by atomic mass is 35.5. The molecule has 0 radical (unpaired) electrons. The topological polar surface area (TPSA) is 167 Å². The van der Waals surface area contributed by atoms with Crippen LogP contribution >= 0.6 is 23.2 Å². The molecule has 0 spiro atoms. The number of carboxylic acid groups (broad SMARTS) is 1. The molecule has 1 aromatic carbocycles. The Kier molecular flexibility index (Phi) is 8.36. The molecule has 12 nitrogen and oxygen atoms in total. The average Bonchev–Trinajstić information content (AvgIpc) is 3.39. The molecule has 0 aromatic heterocycles. The van der Waals surface area contributed by atoms with E-state index in [1.54, 1.807) is 0 Å². The molecule has 3 amide bonds. The number of carbonyl (C=O) groups excluding carboxylic acids is 4. The number of rotatable bonds is 9. The van der Waals surface area contributed by atoms with Crippen LogP contribution in [0.15, 0.2) is 23.1 Å². The van der Waals surface area contributed by atoms with Crippen molar-refractivity contribution in [3.63, 3.8) is 0 Å². The first-order valence-corrected chi connectivity index (χ1v) is 12.7. The zero-order chi connectivity index (χ0) is 25.9. The summed E-state index contributed by atoms with van der Waals surface area (Å²) in [6.07, 6.45) is -0.633. The minimum atomic E-state index is -4.17. The lowest BCUT2D eigenvalue weighted by atomic mass is 10.1. The maximum absolute atomic E-state index is 13.1. The third-order valence-electron chi connectivity index (χ3n) is 5.40. The lowest BCUT2D eigenvalue weighted by molar-refractivity contribution is -0.197. The molecule has 3 rings (SSSR count). The second kappa shape index (κ2) is 10.9. The maximum Gasteiger partial charge on any atom is 0.333 e. The fourth-order valence-electron chi connectivity index (χ4n) is 3.70. The summed E-state index contributed by atoms with van der Waals surface area (Å²) in [6.45, 7) is 0.0203. The molecule has 0 unspecified atom stereocenters. The molecule has 2 saturated heterocycles. The summed E-state index contributed by atoms with van der Waals surface area (Å²) in [5.41, 5.74) is 0. The monoisotopic (exact) mass is 549 g/mol. The van der Waals surface area contributed by atoms with Gasteiger partial charge < -0.3 is 15.3 Å². The van der Waals surface area contributed by atoms with E-state index in [2.05, 4.69) is 10.2 Å². The van der Waals surface area contributed by atoms with Crippen LogP contribution in [0.25, 0.3) is 0 Å². The number of hydrogen-bond acceptors (Lipinski definition) is 8. The summed E-state index contributed by atoms with van der Waals surface area (Å²) in [4.78, 5) is 64.0. The van der Waals surface area contributed by atoms with Gasteiger partial charge in [0, 0.05) is 29.4 Å². The number of halogens is 2. The van der Waals surface area contributed by atoms with E-state index in [1.165, 1.54) is 18.2 Å². The Morgan fingerprint density at radius 1 is 1.11 bits per heavy atom. The van der Waals surface area contributed by atoms with Gasteiger partial charge in [-0.1, -0.05) is 23.2 Å². The summed E-state index contributed by atoms with van der Waals surface area (Å²) in [5.74, 6) is -4.72. The Balaban J connectivity index is 1.65. The van der Waals surface area contributed by atoms with E-state index < -0.39 is 64.6 Å². The first-order valence-electron chi connectivity index (χ1n) is 10.5. The number of benzene rings is 1. The van der Waals surface area contributed by atoms with Gasteiger partial charge in [-0.2, -0.15) is 4.31 Å². The van der Waals surface area contributed by atoms with Crippen molar-refractivity contribution in [3.8, 4) is 0 Å². The number of hydroxylamine groups is 2. The molecule has 2 N–H and O–H groups in total. The number of nitrogens with one attached hydrogen (secondary N) is 1. The van der Waals surface area contributed by atoms with Crippen molar-refractivity contribution in [2.45, 2.75) is 55.5 Å². The fraction of sp³-hybridized carbons (Fsp3) is 0.450. The molecule has 35 heavy (non-hydrogen) atoms. The number of sulfonamides is 1. The molecule has 2 atom stereocenters. The van der Waals surface area contributed by atoms with Gasteiger partial charge in [0.15, 0.2) is 0 Å². The van der Waals surface area contributed by atoms with Gasteiger partial charge in [0.25, 0.3) is 11.8 Å². The summed E-state index contributed by atoms with van der Waals surface area (Å²) in [6, 6.07) is 1.00. The van der Waals surface area contributed by atoms with Crippen LogP contribution in [0.5, 0.6) is 0 Å². The molecule has 15 heteroatoms. The first-order chi connectivity index (χ1) is 16.4. The molecule has 2 fully saturated rings. The number of hydrogen-bond donors (Lipinski definition) is 2. The number of carboxylic acids is 1. The highest BCUT2D eigenvalue weighted by Crippen LogP contribution is 2.30. The van der Waals surface area contributed by atoms with Gasteiger partial charge in [0.05, 0.1) is 11.3 Å². The highest BCUT2D eigenvalue weighted by molar-refractivity contribution is 7.89. The average molecular weight is 550 g/mol. The van der Waals surface area contributed by atoms with Crippen LogP contribution in [0.1, 0.15) is 38.5 Å². The molecular weight excluding hydrogens is 529 g/mol. The second-order valence-corrected chi connectivity index (χ2v) is 10.6. The van der Waals surface area contributed by atoms with Crippen LogP contribution in [0.3, 0.4) is 0 Å². The van der Waals surface area contributed by atoms with E-state index in [4.69, 9.17) is 23.2 Å². The number of imide groups is 1. The zero-order valence-electron chi connectivity index (χ0n) is 18.1. The van der Waals surface area contributed by atoms with Gasteiger partial charge in [-0.15, -0.1) is 5.06 Å². The maximum atomic E-state index is 13.1. The van der Waals surface area contributed by atoms with E-state index in [0.29, 0.717) is 11.5 Å². The number of amides is 3. The highest BCUT2D eigenvalue weighted by Gasteiger charge is 2.41. The van der Waals surface area contributed by atoms with E-state index in [1.807, 2.05) is 0 Å². The van der Waals surface area contributed by atoms with Gasteiger partial charge >= 0.3 is 11.9 Å². The Hall–Kier alpha value is -2.74. The molecule has 0 saturated carbocycles. The molecular formula is C20H21Cl2N3O9S. The molecule has 0 bridgehead atoms. The van der Waals surface area contributed by atoms with Gasteiger partial charge in [-0.25, -0.2) is 18.0 Å².